The van der Waals surface area contributed by atoms with Gasteiger partial charge in [-0.15, -0.1) is 0 Å². The number of hydrogen-bond donors (Lipinski definition) is 1. The number of benzene rings is 2. The maximum Gasteiger partial charge on any atom is 0.416 e. The highest BCUT2D eigenvalue weighted by Crippen LogP contribution is 2.32. The van der Waals surface area contributed by atoms with Gasteiger partial charge in [-0.3, -0.25) is 10.3 Å². The lowest BCUT2D eigenvalue weighted by Crippen LogP contribution is -2.47. The smallest absolute Gasteiger partial charge is 0.369 e. The van der Waals surface area contributed by atoms with Gasteiger partial charge in [0.15, 0.2) is 4.80 Å². The summed E-state index contributed by atoms with van der Waals surface area (Å²) in [7, 11) is 0. The van der Waals surface area contributed by atoms with Crippen LogP contribution < -0.4 is 9.70 Å². The second-order valence-corrected chi connectivity index (χ2v) is 8.07. The number of aromatic nitrogens is 1. The van der Waals surface area contributed by atoms with Crippen molar-refractivity contribution >= 4 is 27.2 Å². The van der Waals surface area contributed by atoms with Gasteiger partial charge in [0.2, 0.25) is 0 Å². The Kier molecular flexibility index (Phi) is 5.35. The van der Waals surface area contributed by atoms with Crippen molar-refractivity contribution in [2.24, 2.45) is 0 Å². The van der Waals surface area contributed by atoms with Crippen molar-refractivity contribution in [1.29, 1.82) is 5.41 Å². The molecule has 0 radical (unpaired) electrons. The van der Waals surface area contributed by atoms with Crippen LogP contribution in [-0.4, -0.2) is 42.2 Å². The van der Waals surface area contributed by atoms with Crippen LogP contribution in [0.15, 0.2) is 42.5 Å². The Hall–Kier alpha value is -2.39. The van der Waals surface area contributed by atoms with Gasteiger partial charge in [-0.2, -0.15) is 13.2 Å². The Morgan fingerprint density at radius 1 is 0.931 bits per heavy atom. The highest BCUT2D eigenvalue weighted by molar-refractivity contribution is 7.16. The fourth-order valence-corrected chi connectivity index (χ4v) is 4.59. The number of hydrogen-bond acceptors (Lipinski definition) is 4. The van der Waals surface area contributed by atoms with Gasteiger partial charge in [0, 0.05) is 45.0 Å². The molecule has 0 bridgehead atoms. The first-order valence-corrected chi connectivity index (χ1v) is 10.1. The molecule has 9 heteroatoms. The van der Waals surface area contributed by atoms with Gasteiger partial charge in [-0.05, 0) is 42.5 Å². The Labute approximate surface area is 169 Å². The number of nitrogens with zero attached hydrogens (tertiary/aromatic N) is 3. The largest absolute Gasteiger partial charge is 0.416 e. The minimum absolute atomic E-state index is 0.249. The molecule has 0 aliphatic carbocycles. The zero-order valence-electron chi connectivity index (χ0n) is 15.5. The maximum absolute atomic E-state index is 13.1. The lowest BCUT2D eigenvalue weighted by atomic mass is 10.2. The molecule has 0 amide bonds. The molecule has 2 heterocycles. The number of piperazine rings is 1. The van der Waals surface area contributed by atoms with E-state index in [9.17, 15) is 17.6 Å². The zero-order chi connectivity index (χ0) is 20.6. The van der Waals surface area contributed by atoms with Gasteiger partial charge >= 0.3 is 6.18 Å². The summed E-state index contributed by atoms with van der Waals surface area (Å²) in [5, 5.41) is 8.15. The van der Waals surface area contributed by atoms with Crippen molar-refractivity contribution in [3.8, 4) is 0 Å². The average Bonchev–Trinajstić information content (AvgIpc) is 3.01. The summed E-state index contributed by atoms with van der Waals surface area (Å²) in [6.45, 7) is 4.60. The predicted octanol–water partition coefficient (Wildman–Crippen LogP) is 4.16. The van der Waals surface area contributed by atoms with E-state index >= 15 is 0 Å². The molecule has 3 aromatic rings. The molecule has 2 aromatic carbocycles. The first-order valence-electron chi connectivity index (χ1n) is 9.29. The van der Waals surface area contributed by atoms with Gasteiger partial charge in [-0.1, -0.05) is 11.3 Å². The molecule has 1 aromatic heterocycles. The molecule has 1 aliphatic rings. The molecular formula is C20H20F4N4S. The summed E-state index contributed by atoms with van der Waals surface area (Å²) in [4.78, 5) is 4.74. The van der Waals surface area contributed by atoms with Crippen LogP contribution in [0.4, 0.5) is 23.2 Å². The Morgan fingerprint density at radius 2 is 1.62 bits per heavy atom. The number of alkyl halides is 3. The van der Waals surface area contributed by atoms with Crippen LogP contribution in [0.3, 0.4) is 0 Å². The Bertz CT molecular complexity index is 1050. The van der Waals surface area contributed by atoms with Crippen molar-refractivity contribution in [1.82, 2.24) is 9.47 Å². The van der Waals surface area contributed by atoms with Crippen molar-refractivity contribution in [3.05, 3.63) is 58.6 Å². The van der Waals surface area contributed by atoms with Crippen LogP contribution in [0, 0.1) is 11.2 Å². The second kappa shape index (κ2) is 7.79. The molecule has 0 atom stereocenters. The van der Waals surface area contributed by atoms with Crippen LogP contribution in [0.25, 0.3) is 10.2 Å². The standard InChI is InChI=1S/C20H20F4N4S/c21-15-2-4-16(5-3-15)27-10-7-26(8-11-27)9-12-28-17-6-1-14(20(22,23)24)13-18(17)29-19(28)25/h1-6,13,25H,7-12H2. The quantitative estimate of drug-likeness (QED) is 0.639. The SMILES string of the molecule is N=c1sc2cc(C(F)(F)F)ccc2n1CCN1CCN(c2ccc(F)cc2)CC1. The molecule has 154 valence electrons. The first kappa shape index (κ1) is 19.9. The number of fused-ring (bicyclic) bond motifs is 1. The van der Waals surface area contributed by atoms with Crippen LogP contribution >= 0.6 is 11.3 Å². The van der Waals surface area contributed by atoms with Crippen molar-refractivity contribution < 1.29 is 17.6 Å². The molecular weight excluding hydrogens is 404 g/mol. The fraction of sp³-hybridized carbons (Fsp3) is 0.350. The molecule has 1 N–H and O–H groups in total. The lowest BCUT2D eigenvalue weighted by molar-refractivity contribution is -0.137. The molecule has 0 saturated carbocycles. The molecule has 1 aliphatic heterocycles. The highest BCUT2D eigenvalue weighted by atomic mass is 32.1. The van der Waals surface area contributed by atoms with Gasteiger partial charge < -0.3 is 9.47 Å². The summed E-state index contributed by atoms with van der Waals surface area (Å²) in [6.07, 6.45) is -4.38. The van der Waals surface area contributed by atoms with Gasteiger partial charge in [0.25, 0.3) is 0 Å². The zero-order valence-corrected chi connectivity index (χ0v) is 16.4. The summed E-state index contributed by atoms with van der Waals surface area (Å²) >= 11 is 1.07. The van der Waals surface area contributed by atoms with Gasteiger partial charge in [-0.25, -0.2) is 4.39 Å². The summed E-state index contributed by atoms with van der Waals surface area (Å²) in [5.41, 5.74) is 0.978. The minimum atomic E-state index is -4.38. The molecule has 1 saturated heterocycles. The monoisotopic (exact) mass is 424 g/mol. The van der Waals surface area contributed by atoms with Crippen LogP contribution in [0.5, 0.6) is 0 Å². The number of nitrogens with one attached hydrogen (secondary N) is 1. The van der Waals surface area contributed by atoms with E-state index in [1.54, 1.807) is 16.7 Å². The number of anilines is 1. The van der Waals surface area contributed by atoms with E-state index in [0.717, 1.165) is 61.9 Å². The van der Waals surface area contributed by atoms with E-state index in [4.69, 9.17) is 5.41 Å². The van der Waals surface area contributed by atoms with E-state index in [-0.39, 0.29) is 10.6 Å². The molecule has 4 rings (SSSR count). The predicted molar refractivity (Wildman–Crippen MR) is 106 cm³/mol. The molecule has 4 nitrogen and oxygen atoms in total. The van der Waals surface area contributed by atoms with Crippen LogP contribution in [0.2, 0.25) is 0 Å². The molecule has 0 spiro atoms. The summed E-state index contributed by atoms with van der Waals surface area (Å²) in [5.74, 6) is -0.249. The minimum Gasteiger partial charge on any atom is -0.369 e. The topological polar surface area (TPSA) is 35.3 Å². The van der Waals surface area contributed by atoms with Crippen molar-refractivity contribution in [2.45, 2.75) is 12.7 Å². The van der Waals surface area contributed by atoms with E-state index in [1.807, 2.05) is 0 Å². The lowest BCUT2D eigenvalue weighted by Gasteiger charge is -2.36. The highest BCUT2D eigenvalue weighted by Gasteiger charge is 2.30. The maximum atomic E-state index is 13.1. The Balaban J connectivity index is 1.40. The third kappa shape index (κ3) is 4.30. The summed E-state index contributed by atoms with van der Waals surface area (Å²) in [6, 6.07) is 10.1. The first-order chi connectivity index (χ1) is 13.8. The molecule has 1 fully saturated rings. The third-order valence-corrected chi connectivity index (χ3v) is 6.19. The average molecular weight is 424 g/mol. The number of halogens is 4. The van der Waals surface area contributed by atoms with Crippen LogP contribution in [0.1, 0.15) is 5.56 Å². The van der Waals surface area contributed by atoms with E-state index < -0.39 is 11.7 Å². The van der Waals surface area contributed by atoms with E-state index in [2.05, 4.69) is 9.80 Å². The second-order valence-electron chi connectivity index (χ2n) is 7.04. The van der Waals surface area contributed by atoms with E-state index in [0.29, 0.717) is 16.8 Å². The molecule has 29 heavy (non-hydrogen) atoms. The normalized spacial score (nSPS) is 15.9. The Morgan fingerprint density at radius 3 is 2.28 bits per heavy atom. The molecule has 0 unspecified atom stereocenters. The summed E-state index contributed by atoms with van der Waals surface area (Å²) < 4.78 is 54.1. The fourth-order valence-electron chi connectivity index (χ4n) is 3.61. The van der Waals surface area contributed by atoms with Gasteiger partial charge in [0.05, 0.1) is 15.8 Å². The van der Waals surface area contributed by atoms with Crippen LogP contribution in [-0.2, 0) is 12.7 Å². The number of thiazole rings is 1. The third-order valence-electron chi connectivity index (χ3n) is 5.23. The van der Waals surface area contributed by atoms with Crippen molar-refractivity contribution in [3.63, 3.8) is 0 Å². The van der Waals surface area contributed by atoms with E-state index in [1.165, 1.54) is 18.2 Å². The van der Waals surface area contributed by atoms with Crippen molar-refractivity contribution in [2.75, 3.05) is 37.6 Å². The van der Waals surface area contributed by atoms with Gasteiger partial charge in [0.1, 0.15) is 5.82 Å². The number of rotatable bonds is 4.